The predicted molar refractivity (Wildman–Crippen MR) is 90.5 cm³/mol. The Labute approximate surface area is 146 Å². The number of likely N-dealkylation sites (tertiary alicyclic amines) is 1. The maximum absolute atomic E-state index is 13.3. The second kappa shape index (κ2) is 6.19. The van der Waals surface area contributed by atoms with Gasteiger partial charge in [-0.2, -0.15) is 0 Å². The number of aryl methyl sites for hydroxylation is 2. The molecule has 0 unspecified atom stereocenters. The monoisotopic (exact) mass is 342 g/mol. The van der Waals surface area contributed by atoms with Crippen molar-refractivity contribution in [1.29, 1.82) is 0 Å². The number of hydrogen-bond acceptors (Lipinski definition) is 5. The predicted octanol–water partition coefficient (Wildman–Crippen LogP) is 2.76. The maximum atomic E-state index is 13.3. The molecule has 132 valence electrons. The fraction of sp³-hybridized carbons (Fsp3) is 0.474. The lowest BCUT2D eigenvalue weighted by Crippen LogP contribution is -2.35. The lowest BCUT2D eigenvalue weighted by molar-refractivity contribution is 0.0670. The van der Waals surface area contributed by atoms with E-state index >= 15 is 0 Å². The van der Waals surface area contributed by atoms with Crippen LogP contribution in [0.15, 0.2) is 28.8 Å². The number of para-hydroxylation sites is 1. The first-order valence-corrected chi connectivity index (χ1v) is 8.56. The number of aromatic nitrogens is 1. The minimum atomic E-state index is -0.0263. The van der Waals surface area contributed by atoms with Crippen molar-refractivity contribution in [2.24, 2.45) is 11.8 Å². The molecular formula is C19H22N2O4. The molecule has 6 heteroatoms. The van der Waals surface area contributed by atoms with E-state index in [0.29, 0.717) is 36.8 Å². The maximum Gasteiger partial charge on any atom is 0.259 e. The Kier molecular flexibility index (Phi) is 4.00. The molecule has 1 aromatic carbocycles. The summed E-state index contributed by atoms with van der Waals surface area (Å²) in [5, 5.41) is 3.94. The molecule has 2 aromatic rings. The van der Waals surface area contributed by atoms with Gasteiger partial charge in [0, 0.05) is 31.1 Å². The molecule has 1 aromatic heterocycles. The summed E-state index contributed by atoms with van der Waals surface area (Å²) < 4.78 is 16.6. The van der Waals surface area contributed by atoms with Gasteiger partial charge >= 0.3 is 0 Å². The van der Waals surface area contributed by atoms with E-state index in [2.05, 4.69) is 11.2 Å². The summed E-state index contributed by atoms with van der Waals surface area (Å²) in [6.07, 6.45) is 0. The Bertz CT molecular complexity index is 781. The highest BCUT2D eigenvalue weighted by Gasteiger charge is 2.48. The largest absolute Gasteiger partial charge is 0.493 e. The van der Waals surface area contributed by atoms with E-state index in [9.17, 15) is 4.79 Å². The fourth-order valence-corrected chi connectivity index (χ4v) is 4.19. The molecule has 6 nitrogen and oxygen atoms in total. The van der Waals surface area contributed by atoms with Crippen molar-refractivity contribution in [3.05, 3.63) is 46.8 Å². The Hall–Kier alpha value is -2.34. The summed E-state index contributed by atoms with van der Waals surface area (Å²) in [6.45, 7) is 5.44. The zero-order chi connectivity index (χ0) is 17.6. The quantitative estimate of drug-likeness (QED) is 0.858. The average molecular weight is 342 g/mol. The van der Waals surface area contributed by atoms with Gasteiger partial charge in [0.15, 0.2) is 0 Å². The minimum Gasteiger partial charge on any atom is -0.493 e. The third kappa shape index (κ3) is 2.52. The van der Waals surface area contributed by atoms with Gasteiger partial charge in [0.2, 0.25) is 0 Å². The van der Waals surface area contributed by atoms with Gasteiger partial charge in [-0.3, -0.25) is 4.79 Å². The average Bonchev–Trinajstić information content (AvgIpc) is 3.15. The number of fused-ring (bicyclic) bond motifs is 3. The molecule has 0 N–H and O–H groups in total. The molecule has 3 atom stereocenters. The summed E-state index contributed by atoms with van der Waals surface area (Å²) in [6, 6.07) is 7.96. The number of ether oxygens (including phenoxy) is 2. The van der Waals surface area contributed by atoms with Crippen molar-refractivity contribution < 1.29 is 18.8 Å². The van der Waals surface area contributed by atoms with Crippen LogP contribution in [0.25, 0.3) is 0 Å². The van der Waals surface area contributed by atoms with Crippen molar-refractivity contribution in [1.82, 2.24) is 10.1 Å². The van der Waals surface area contributed by atoms with Gasteiger partial charge in [0.05, 0.1) is 24.9 Å². The molecule has 2 aliphatic heterocycles. The summed E-state index contributed by atoms with van der Waals surface area (Å²) >= 11 is 0. The molecule has 0 bridgehead atoms. The van der Waals surface area contributed by atoms with Gasteiger partial charge in [-0.05, 0) is 19.9 Å². The molecule has 4 rings (SSSR count). The smallest absolute Gasteiger partial charge is 0.259 e. The molecule has 3 heterocycles. The van der Waals surface area contributed by atoms with Crippen molar-refractivity contribution >= 4 is 5.91 Å². The first-order valence-electron chi connectivity index (χ1n) is 8.56. The number of hydrogen-bond donors (Lipinski definition) is 0. The SMILES string of the molecule is COC[C@@H]1CN(C(=O)c2c(C)noc2C)[C@H]2c3ccccc3OC[C@@H]12. The van der Waals surface area contributed by atoms with Crippen LogP contribution < -0.4 is 4.74 Å². The van der Waals surface area contributed by atoms with Gasteiger partial charge in [-0.1, -0.05) is 23.4 Å². The summed E-state index contributed by atoms with van der Waals surface area (Å²) in [5.41, 5.74) is 2.27. The highest BCUT2D eigenvalue weighted by atomic mass is 16.5. The Morgan fingerprint density at radius 2 is 2.16 bits per heavy atom. The first-order chi connectivity index (χ1) is 12.1. The van der Waals surface area contributed by atoms with Crippen LogP contribution in [0.2, 0.25) is 0 Å². The van der Waals surface area contributed by atoms with Crippen molar-refractivity contribution in [3.63, 3.8) is 0 Å². The van der Waals surface area contributed by atoms with Crippen LogP contribution in [0.3, 0.4) is 0 Å². The summed E-state index contributed by atoms with van der Waals surface area (Å²) in [4.78, 5) is 15.3. The Morgan fingerprint density at radius 3 is 2.88 bits per heavy atom. The van der Waals surface area contributed by atoms with Gasteiger partial charge < -0.3 is 18.9 Å². The van der Waals surface area contributed by atoms with Crippen molar-refractivity contribution in [2.45, 2.75) is 19.9 Å². The molecule has 1 fully saturated rings. The van der Waals surface area contributed by atoms with E-state index in [-0.39, 0.29) is 23.8 Å². The van der Waals surface area contributed by atoms with Gasteiger partial charge in [-0.25, -0.2) is 0 Å². The molecule has 2 aliphatic rings. The van der Waals surface area contributed by atoms with Crippen molar-refractivity contribution in [3.8, 4) is 5.75 Å². The first kappa shape index (κ1) is 16.1. The lowest BCUT2D eigenvalue weighted by atomic mass is 9.85. The normalized spacial score (nSPS) is 24.6. The standard InChI is InChI=1S/C19H22N2O4/c1-11-17(12(2)25-20-11)19(22)21-8-13(9-23-3)15-10-24-16-7-5-4-6-14(16)18(15)21/h4-7,13,15,18H,8-10H2,1-3H3/t13-,15-,18-/m0/s1. The third-order valence-corrected chi connectivity index (χ3v) is 5.34. The van der Waals surface area contributed by atoms with Crippen LogP contribution in [0.1, 0.15) is 33.4 Å². The highest BCUT2D eigenvalue weighted by Crippen LogP contribution is 2.48. The fourth-order valence-electron chi connectivity index (χ4n) is 4.19. The molecule has 1 amide bonds. The van der Waals surface area contributed by atoms with E-state index in [1.807, 2.05) is 30.0 Å². The molecule has 0 saturated carbocycles. The highest BCUT2D eigenvalue weighted by molar-refractivity contribution is 5.96. The molecule has 1 saturated heterocycles. The topological polar surface area (TPSA) is 64.8 Å². The molecule has 0 spiro atoms. The van der Waals surface area contributed by atoms with E-state index in [1.165, 1.54) is 0 Å². The molecule has 25 heavy (non-hydrogen) atoms. The number of carbonyl (C=O) groups is 1. The minimum absolute atomic E-state index is 0.00806. The number of amides is 1. The van der Waals surface area contributed by atoms with Crippen LogP contribution in [0.4, 0.5) is 0 Å². The lowest BCUT2D eigenvalue weighted by Gasteiger charge is -2.34. The van der Waals surface area contributed by atoms with Gasteiger partial charge in [0.25, 0.3) is 5.91 Å². The zero-order valence-corrected chi connectivity index (χ0v) is 14.7. The number of carbonyl (C=O) groups excluding carboxylic acids is 1. The van der Waals surface area contributed by atoms with Crippen molar-refractivity contribution in [2.75, 3.05) is 26.9 Å². The molecule has 0 aliphatic carbocycles. The number of nitrogens with zero attached hydrogens (tertiary/aromatic N) is 2. The molecule has 0 radical (unpaired) electrons. The Morgan fingerprint density at radius 1 is 1.36 bits per heavy atom. The second-order valence-corrected chi connectivity index (χ2v) is 6.83. The van der Waals surface area contributed by atoms with E-state index < -0.39 is 0 Å². The number of benzene rings is 1. The van der Waals surface area contributed by atoms with Crippen LogP contribution in [-0.2, 0) is 4.74 Å². The second-order valence-electron chi connectivity index (χ2n) is 6.83. The van der Waals surface area contributed by atoms with Crippen LogP contribution in [0.5, 0.6) is 5.75 Å². The Balaban J connectivity index is 1.76. The summed E-state index contributed by atoms with van der Waals surface area (Å²) in [5.74, 6) is 1.86. The van der Waals surface area contributed by atoms with Gasteiger partial charge in [0.1, 0.15) is 17.1 Å². The van der Waals surface area contributed by atoms with E-state index in [1.54, 1.807) is 14.0 Å². The van der Waals surface area contributed by atoms with Crippen LogP contribution >= 0.6 is 0 Å². The van der Waals surface area contributed by atoms with Gasteiger partial charge in [-0.15, -0.1) is 0 Å². The molecular weight excluding hydrogens is 320 g/mol. The van der Waals surface area contributed by atoms with Crippen LogP contribution in [0, 0.1) is 25.7 Å². The van der Waals surface area contributed by atoms with E-state index in [0.717, 1.165) is 11.3 Å². The number of methoxy groups -OCH3 is 1. The number of rotatable bonds is 3. The third-order valence-electron chi connectivity index (χ3n) is 5.34. The summed E-state index contributed by atoms with van der Waals surface area (Å²) in [7, 11) is 1.70. The van der Waals surface area contributed by atoms with Crippen LogP contribution in [-0.4, -0.2) is 42.8 Å². The van der Waals surface area contributed by atoms with E-state index in [4.69, 9.17) is 14.0 Å². The zero-order valence-electron chi connectivity index (χ0n) is 14.7.